The summed E-state index contributed by atoms with van der Waals surface area (Å²) in [6.07, 6.45) is 10.1. The van der Waals surface area contributed by atoms with Gasteiger partial charge in [0.2, 0.25) is 0 Å². The Labute approximate surface area is 193 Å². The third kappa shape index (κ3) is 2.92. The molecule has 4 saturated carbocycles. The van der Waals surface area contributed by atoms with Crippen molar-refractivity contribution in [3.05, 3.63) is 60.2 Å². The topological polar surface area (TPSA) is 36.4 Å². The number of hydrogen-bond acceptors (Lipinski definition) is 2. The van der Waals surface area contributed by atoms with E-state index in [-0.39, 0.29) is 5.54 Å². The van der Waals surface area contributed by atoms with Crippen molar-refractivity contribution >= 4 is 55.9 Å². The molecule has 4 aliphatic rings. The summed E-state index contributed by atoms with van der Waals surface area (Å²) >= 11 is 5.67. The fourth-order valence-electron chi connectivity index (χ4n) is 7.56. The summed E-state index contributed by atoms with van der Waals surface area (Å²) < 4.78 is 0. The van der Waals surface area contributed by atoms with Crippen molar-refractivity contribution in [2.75, 3.05) is 0 Å². The summed E-state index contributed by atoms with van der Waals surface area (Å²) in [4.78, 5) is 0. The zero-order chi connectivity index (χ0) is 21.3. The van der Waals surface area contributed by atoms with Gasteiger partial charge in [-0.05, 0) is 101 Å². The molecule has 4 aliphatic carbocycles. The van der Waals surface area contributed by atoms with E-state index in [9.17, 15) is 0 Å². The minimum Gasteiger partial charge on any atom is -0.356 e. The summed E-state index contributed by atoms with van der Waals surface area (Å²) in [5, 5.41) is 16.6. The van der Waals surface area contributed by atoms with Crippen molar-refractivity contribution in [2.45, 2.75) is 44.1 Å². The van der Waals surface area contributed by atoms with E-state index in [1.54, 1.807) is 0 Å². The predicted molar refractivity (Wildman–Crippen MR) is 138 cm³/mol. The quantitative estimate of drug-likeness (QED) is 0.170. The fraction of sp³-hybridized carbons (Fsp3) is 0.357. The molecule has 4 heteroatoms. The van der Waals surface area contributed by atoms with Crippen LogP contribution in [0.4, 0.5) is 0 Å². The van der Waals surface area contributed by atoms with Gasteiger partial charge in [0.1, 0.15) is 0 Å². The monoisotopic (exact) mass is 437 g/mol. The second kappa shape index (κ2) is 6.89. The molecule has 4 bridgehead atoms. The molecule has 0 unspecified atom stereocenters. The lowest BCUT2D eigenvalue weighted by molar-refractivity contribution is -0.0101. The van der Waals surface area contributed by atoms with Crippen molar-refractivity contribution in [1.29, 1.82) is 0 Å². The highest BCUT2D eigenvalue weighted by Gasteiger charge is 2.51. The van der Waals surface area contributed by atoms with E-state index in [1.165, 1.54) is 70.8 Å². The Bertz CT molecular complexity index is 1340. The highest BCUT2D eigenvalue weighted by Crippen LogP contribution is 2.55. The van der Waals surface area contributed by atoms with Gasteiger partial charge in [-0.2, -0.15) is 5.10 Å². The Hall–Kier alpha value is -2.72. The number of hydrogen-bond donors (Lipinski definition) is 2. The predicted octanol–water partition coefficient (Wildman–Crippen LogP) is 6.35. The molecule has 32 heavy (non-hydrogen) atoms. The molecule has 0 spiro atoms. The minimum absolute atomic E-state index is 0.210. The number of thiocarbonyl (C=S) groups is 1. The van der Waals surface area contributed by atoms with Crippen LogP contribution in [0.3, 0.4) is 0 Å². The Balaban J connectivity index is 1.14. The molecule has 4 aromatic rings. The zero-order valence-corrected chi connectivity index (χ0v) is 18.9. The van der Waals surface area contributed by atoms with Crippen LogP contribution in [0.1, 0.15) is 44.1 Å². The van der Waals surface area contributed by atoms with Crippen LogP contribution in [0, 0.1) is 17.8 Å². The van der Waals surface area contributed by atoms with Crippen LogP contribution in [0.5, 0.6) is 0 Å². The van der Waals surface area contributed by atoms with Gasteiger partial charge in [0.05, 0.1) is 6.21 Å². The number of benzene rings is 4. The normalized spacial score (nSPS) is 28.9. The Kier molecular flexibility index (Phi) is 4.05. The molecule has 3 nitrogen and oxygen atoms in total. The van der Waals surface area contributed by atoms with Crippen LogP contribution in [0.2, 0.25) is 0 Å². The molecule has 160 valence electrons. The maximum absolute atomic E-state index is 5.67. The molecule has 4 aromatic carbocycles. The van der Waals surface area contributed by atoms with Crippen LogP contribution in [-0.4, -0.2) is 16.9 Å². The zero-order valence-electron chi connectivity index (χ0n) is 18.1. The van der Waals surface area contributed by atoms with Gasteiger partial charge >= 0.3 is 0 Å². The minimum atomic E-state index is 0.210. The summed E-state index contributed by atoms with van der Waals surface area (Å²) in [6, 6.07) is 19.7. The summed E-state index contributed by atoms with van der Waals surface area (Å²) in [6.45, 7) is 0. The van der Waals surface area contributed by atoms with E-state index in [2.05, 4.69) is 70.4 Å². The molecule has 0 aliphatic heterocycles. The average Bonchev–Trinajstić information content (AvgIpc) is 2.77. The van der Waals surface area contributed by atoms with Crippen LogP contribution in [-0.2, 0) is 0 Å². The van der Waals surface area contributed by atoms with E-state index in [0.717, 1.165) is 23.3 Å². The first-order chi connectivity index (χ1) is 15.7. The smallest absolute Gasteiger partial charge is 0.187 e. The first-order valence-corrected chi connectivity index (χ1v) is 12.3. The largest absolute Gasteiger partial charge is 0.356 e. The van der Waals surface area contributed by atoms with E-state index < -0.39 is 0 Å². The first kappa shape index (κ1) is 18.8. The van der Waals surface area contributed by atoms with Crippen molar-refractivity contribution in [1.82, 2.24) is 10.7 Å². The standard InChI is InChI=1S/C28H27N3S/c32-27(30-28-13-17-10-18(14-28)12-19(11-17)15-28)31-29-16-23-7-6-22-5-4-20-2-1-3-21-8-9-24(23)26(22)25(20)21/h1-9,16-19H,10-15H2,(H2,30,31,32). The molecule has 0 atom stereocenters. The van der Waals surface area contributed by atoms with Gasteiger partial charge in [-0.3, -0.25) is 5.43 Å². The highest BCUT2D eigenvalue weighted by atomic mass is 32.1. The van der Waals surface area contributed by atoms with Gasteiger partial charge in [0, 0.05) is 11.1 Å². The van der Waals surface area contributed by atoms with Crippen molar-refractivity contribution in [3.8, 4) is 0 Å². The van der Waals surface area contributed by atoms with Crippen molar-refractivity contribution in [2.24, 2.45) is 22.9 Å². The van der Waals surface area contributed by atoms with Crippen LogP contribution < -0.4 is 10.7 Å². The molecule has 0 heterocycles. The molecular formula is C28H27N3S. The SMILES string of the molecule is S=C(NN=Cc1ccc2ccc3cccc4ccc1c2c34)NC12CC3CC(CC(C3)C1)C2. The molecule has 0 saturated heterocycles. The van der Waals surface area contributed by atoms with Crippen LogP contribution >= 0.6 is 12.2 Å². The van der Waals surface area contributed by atoms with Gasteiger partial charge in [0.25, 0.3) is 0 Å². The van der Waals surface area contributed by atoms with Gasteiger partial charge in [0.15, 0.2) is 5.11 Å². The van der Waals surface area contributed by atoms with E-state index in [1.807, 2.05) is 6.21 Å². The van der Waals surface area contributed by atoms with Gasteiger partial charge in [-0.15, -0.1) is 0 Å². The average molecular weight is 438 g/mol. The van der Waals surface area contributed by atoms with E-state index in [0.29, 0.717) is 5.11 Å². The van der Waals surface area contributed by atoms with E-state index >= 15 is 0 Å². The third-order valence-electron chi connectivity index (χ3n) is 8.35. The summed E-state index contributed by atoms with van der Waals surface area (Å²) in [5.74, 6) is 2.70. The first-order valence-electron chi connectivity index (χ1n) is 11.9. The number of nitrogens with zero attached hydrogens (tertiary/aromatic N) is 1. The Morgan fingerprint density at radius 3 is 2.09 bits per heavy atom. The maximum atomic E-state index is 5.67. The second-order valence-electron chi connectivity index (χ2n) is 10.5. The van der Waals surface area contributed by atoms with Crippen molar-refractivity contribution in [3.63, 3.8) is 0 Å². The van der Waals surface area contributed by atoms with Crippen LogP contribution in [0.15, 0.2) is 59.7 Å². The molecule has 0 amide bonds. The highest BCUT2D eigenvalue weighted by molar-refractivity contribution is 7.80. The lowest BCUT2D eigenvalue weighted by Crippen LogP contribution is -2.61. The second-order valence-corrected chi connectivity index (χ2v) is 10.9. The Morgan fingerprint density at radius 1 is 0.812 bits per heavy atom. The summed E-state index contributed by atoms with van der Waals surface area (Å²) in [7, 11) is 0. The number of rotatable bonds is 3. The van der Waals surface area contributed by atoms with E-state index in [4.69, 9.17) is 12.2 Å². The number of nitrogens with one attached hydrogen (secondary N) is 2. The molecule has 0 aromatic heterocycles. The van der Waals surface area contributed by atoms with Gasteiger partial charge in [-0.25, -0.2) is 0 Å². The lowest BCUT2D eigenvalue weighted by Gasteiger charge is -2.57. The molecular weight excluding hydrogens is 410 g/mol. The van der Waals surface area contributed by atoms with Crippen molar-refractivity contribution < 1.29 is 0 Å². The summed E-state index contributed by atoms with van der Waals surface area (Å²) in [5.41, 5.74) is 4.45. The van der Waals surface area contributed by atoms with Crippen LogP contribution in [0.25, 0.3) is 32.3 Å². The van der Waals surface area contributed by atoms with Gasteiger partial charge in [-0.1, -0.05) is 54.6 Å². The molecule has 2 N–H and O–H groups in total. The number of hydrazone groups is 1. The molecule has 0 radical (unpaired) electrons. The Morgan fingerprint density at radius 2 is 1.41 bits per heavy atom. The molecule has 8 rings (SSSR count). The fourth-order valence-corrected chi connectivity index (χ4v) is 7.83. The third-order valence-corrected chi connectivity index (χ3v) is 8.54. The molecule has 4 fully saturated rings. The lowest BCUT2D eigenvalue weighted by atomic mass is 9.53. The maximum Gasteiger partial charge on any atom is 0.187 e. The van der Waals surface area contributed by atoms with Gasteiger partial charge < -0.3 is 5.32 Å².